The van der Waals surface area contributed by atoms with Crippen molar-refractivity contribution in [2.75, 3.05) is 0 Å². The fourth-order valence-electron chi connectivity index (χ4n) is 1.88. The first-order valence-corrected chi connectivity index (χ1v) is 7.92. The highest BCUT2D eigenvalue weighted by Gasteiger charge is 2.23. The summed E-state index contributed by atoms with van der Waals surface area (Å²) < 4.78 is 1.26. The highest BCUT2D eigenvalue weighted by atomic mass is 32.2. The Kier molecular flexibility index (Phi) is 4.03. The van der Waals surface area contributed by atoms with Crippen molar-refractivity contribution in [2.45, 2.75) is 0 Å². The lowest BCUT2D eigenvalue weighted by Crippen LogP contribution is -2.17. The molecule has 0 unspecified atom stereocenters. The molecule has 1 aliphatic rings. The largest absolute Gasteiger partial charge is 0.290 e. The maximum atomic E-state index is 11.3. The number of thiophene rings is 1. The van der Waals surface area contributed by atoms with Crippen LogP contribution in [0.5, 0.6) is 0 Å². The van der Waals surface area contributed by atoms with Crippen LogP contribution in [0.1, 0.15) is 4.88 Å². The molecule has 0 aliphatic carbocycles. The van der Waals surface area contributed by atoms with E-state index in [1.807, 2.05) is 30.4 Å². The van der Waals surface area contributed by atoms with Gasteiger partial charge in [0.25, 0.3) is 11.1 Å². The number of carbonyl (C=O) groups excluding carboxylic acids is 2. The monoisotopic (exact) mass is 313 g/mol. The molecule has 21 heavy (non-hydrogen) atoms. The van der Waals surface area contributed by atoms with Crippen molar-refractivity contribution in [3.63, 3.8) is 0 Å². The van der Waals surface area contributed by atoms with Crippen LogP contribution in [-0.2, 0) is 4.79 Å². The van der Waals surface area contributed by atoms with E-state index in [9.17, 15) is 9.59 Å². The van der Waals surface area contributed by atoms with E-state index < -0.39 is 0 Å². The Morgan fingerprint density at radius 2 is 1.90 bits per heavy atom. The topological polar surface area (TPSA) is 46.2 Å². The third kappa shape index (κ3) is 3.32. The molecule has 104 valence electrons. The van der Waals surface area contributed by atoms with Crippen LogP contribution < -0.4 is 5.32 Å². The number of imide groups is 1. The van der Waals surface area contributed by atoms with Gasteiger partial charge in [0.1, 0.15) is 0 Å². The summed E-state index contributed by atoms with van der Waals surface area (Å²) in [5, 5.41) is 3.14. The van der Waals surface area contributed by atoms with Gasteiger partial charge in [0.05, 0.1) is 4.91 Å². The van der Waals surface area contributed by atoms with Crippen molar-refractivity contribution < 1.29 is 9.59 Å². The van der Waals surface area contributed by atoms with E-state index >= 15 is 0 Å². The molecule has 0 atom stereocenters. The quantitative estimate of drug-likeness (QED) is 0.677. The van der Waals surface area contributed by atoms with E-state index in [-0.39, 0.29) is 11.1 Å². The summed E-state index contributed by atoms with van der Waals surface area (Å²) in [6, 6.07) is 10.4. The van der Waals surface area contributed by atoms with Crippen LogP contribution in [-0.4, -0.2) is 11.1 Å². The molecule has 1 saturated heterocycles. The van der Waals surface area contributed by atoms with E-state index in [0.717, 1.165) is 11.8 Å². The summed E-state index contributed by atoms with van der Waals surface area (Å²) >= 11 is 2.65. The second kappa shape index (κ2) is 6.11. The summed E-state index contributed by atoms with van der Waals surface area (Å²) in [6.07, 6.45) is 9.17. The van der Waals surface area contributed by atoms with Crippen LogP contribution in [0.15, 0.2) is 59.5 Å². The molecule has 3 rings (SSSR count). The number of allylic oxidation sites excluding steroid dienone is 4. The van der Waals surface area contributed by atoms with Crippen LogP contribution in [0.3, 0.4) is 0 Å². The molecule has 1 aromatic carbocycles. The maximum absolute atomic E-state index is 11.3. The van der Waals surface area contributed by atoms with Gasteiger partial charge in [-0.05, 0) is 41.4 Å². The first-order chi connectivity index (χ1) is 10.2. The molecule has 2 aromatic rings. The van der Waals surface area contributed by atoms with E-state index in [0.29, 0.717) is 4.91 Å². The highest BCUT2D eigenvalue weighted by molar-refractivity contribution is 8.18. The van der Waals surface area contributed by atoms with Crippen LogP contribution >= 0.6 is 23.1 Å². The second-order valence-corrected chi connectivity index (χ2v) is 6.44. The Balaban J connectivity index is 1.66. The molecule has 1 aliphatic heterocycles. The predicted molar refractivity (Wildman–Crippen MR) is 89.2 cm³/mol. The zero-order chi connectivity index (χ0) is 14.7. The molecular weight excluding hydrogens is 302 g/mol. The van der Waals surface area contributed by atoms with Gasteiger partial charge in [-0.1, -0.05) is 36.4 Å². The lowest BCUT2D eigenvalue weighted by molar-refractivity contribution is -0.115. The highest BCUT2D eigenvalue weighted by Crippen LogP contribution is 2.26. The van der Waals surface area contributed by atoms with Gasteiger partial charge < -0.3 is 0 Å². The minimum Gasteiger partial charge on any atom is -0.282 e. The number of thioether (sulfide) groups is 1. The zero-order valence-electron chi connectivity index (χ0n) is 10.9. The standard InChI is InChI=1S/C16H11NO2S2/c18-15-14(21-16(19)17-15)9-3-1-2-7-12-10-11-6-4-5-8-13(11)20-12/h1-10H,(H,17,18,19)/b3-1+,7-2-,14-9+. The van der Waals surface area contributed by atoms with Gasteiger partial charge in [-0.2, -0.15) is 0 Å². The van der Waals surface area contributed by atoms with Crippen molar-refractivity contribution in [1.29, 1.82) is 0 Å². The van der Waals surface area contributed by atoms with Gasteiger partial charge in [0, 0.05) is 9.58 Å². The summed E-state index contributed by atoms with van der Waals surface area (Å²) in [6.45, 7) is 0. The van der Waals surface area contributed by atoms with Gasteiger partial charge >= 0.3 is 0 Å². The van der Waals surface area contributed by atoms with Crippen LogP contribution in [0.25, 0.3) is 16.2 Å². The van der Waals surface area contributed by atoms with Crippen molar-refractivity contribution >= 4 is 50.4 Å². The Hall–Kier alpha value is -2.11. The smallest absolute Gasteiger partial charge is 0.282 e. The van der Waals surface area contributed by atoms with Gasteiger partial charge in [0.15, 0.2) is 0 Å². The Labute approximate surface area is 130 Å². The maximum Gasteiger partial charge on any atom is 0.290 e. The van der Waals surface area contributed by atoms with Crippen LogP contribution in [0.2, 0.25) is 0 Å². The number of hydrogen-bond donors (Lipinski definition) is 1. The molecule has 2 heterocycles. The lowest BCUT2D eigenvalue weighted by Gasteiger charge is -1.84. The Bertz CT molecular complexity index is 766. The molecule has 1 fully saturated rings. The normalized spacial score (nSPS) is 17.6. The first kappa shape index (κ1) is 13.9. The molecule has 3 nitrogen and oxygen atoms in total. The fraction of sp³-hybridized carbons (Fsp3) is 0. The summed E-state index contributed by atoms with van der Waals surface area (Å²) in [7, 11) is 0. The predicted octanol–water partition coefficient (Wildman–Crippen LogP) is 4.34. The Morgan fingerprint density at radius 1 is 1.05 bits per heavy atom. The van der Waals surface area contributed by atoms with Gasteiger partial charge in [0.2, 0.25) is 0 Å². The van der Waals surface area contributed by atoms with Gasteiger partial charge in [-0.25, -0.2) is 0 Å². The van der Waals surface area contributed by atoms with E-state index in [4.69, 9.17) is 0 Å². The number of hydrogen-bond acceptors (Lipinski definition) is 4. The molecule has 1 aromatic heterocycles. The van der Waals surface area contributed by atoms with E-state index in [1.165, 1.54) is 15.0 Å². The van der Waals surface area contributed by atoms with Gasteiger partial charge in [-0.3, -0.25) is 14.9 Å². The molecule has 0 spiro atoms. The third-order valence-electron chi connectivity index (χ3n) is 2.82. The summed E-state index contributed by atoms with van der Waals surface area (Å²) in [5.41, 5.74) is 0. The minimum absolute atomic E-state index is 0.319. The third-order valence-corrected chi connectivity index (χ3v) is 4.73. The van der Waals surface area contributed by atoms with E-state index in [2.05, 4.69) is 23.5 Å². The lowest BCUT2D eigenvalue weighted by atomic mass is 10.2. The molecular formula is C16H11NO2S2. The number of rotatable bonds is 3. The van der Waals surface area contributed by atoms with Crippen LogP contribution in [0, 0.1) is 0 Å². The molecule has 0 radical (unpaired) electrons. The van der Waals surface area contributed by atoms with Gasteiger partial charge in [-0.15, -0.1) is 11.3 Å². The van der Waals surface area contributed by atoms with Crippen molar-refractivity contribution in [1.82, 2.24) is 5.32 Å². The number of amides is 2. The average Bonchev–Trinajstić information content (AvgIpc) is 3.01. The van der Waals surface area contributed by atoms with Crippen LogP contribution in [0.4, 0.5) is 4.79 Å². The Morgan fingerprint density at radius 3 is 2.67 bits per heavy atom. The number of benzene rings is 1. The number of carbonyl (C=O) groups is 2. The second-order valence-electron chi connectivity index (χ2n) is 4.31. The van der Waals surface area contributed by atoms with Crippen molar-refractivity contribution in [3.05, 3.63) is 64.4 Å². The molecule has 2 amide bonds. The minimum atomic E-state index is -0.330. The first-order valence-electron chi connectivity index (χ1n) is 6.29. The summed E-state index contributed by atoms with van der Waals surface area (Å²) in [5.74, 6) is -0.330. The number of nitrogens with one attached hydrogen (secondary N) is 1. The molecule has 0 bridgehead atoms. The number of fused-ring (bicyclic) bond motifs is 1. The summed E-state index contributed by atoms with van der Waals surface area (Å²) in [4.78, 5) is 23.9. The molecule has 1 N–H and O–H groups in total. The van der Waals surface area contributed by atoms with Crippen molar-refractivity contribution in [2.24, 2.45) is 0 Å². The SMILES string of the molecule is O=C1NC(=O)\C(=C/C=C/C=C\c2cc3ccccc3s2)S1. The van der Waals surface area contributed by atoms with E-state index in [1.54, 1.807) is 23.5 Å². The van der Waals surface area contributed by atoms with Crippen molar-refractivity contribution in [3.8, 4) is 0 Å². The molecule has 0 saturated carbocycles. The zero-order valence-corrected chi connectivity index (χ0v) is 12.5. The molecule has 5 heteroatoms. The fourth-order valence-corrected chi connectivity index (χ4v) is 3.49. The average molecular weight is 313 g/mol.